The lowest BCUT2D eigenvalue weighted by molar-refractivity contribution is -0.115. The molecule has 0 atom stereocenters. The summed E-state index contributed by atoms with van der Waals surface area (Å²) < 4.78 is 10.7. The van der Waals surface area contributed by atoms with E-state index >= 15 is 0 Å². The van der Waals surface area contributed by atoms with E-state index < -0.39 is 0 Å². The number of para-hydroxylation sites is 1. The van der Waals surface area contributed by atoms with Gasteiger partial charge in [0.25, 0.3) is 0 Å². The second-order valence-corrected chi connectivity index (χ2v) is 5.26. The molecule has 0 radical (unpaired) electrons. The minimum absolute atomic E-state index is 0.0552. The number of rotatable bonds is 9. The molecular formula is C19H24N2O3. The van der Waals surface area contributed by atoms with Gasteiger partial charge in [0, 0.05) is 12.2 Å². The first-order valence-corrected chi connectivity index (χ1v) is 8.08. The zero-order valence-corrected chi connectivity index (χ0v) is 14.2. The Hall–Kier alpha value is -2.53. The van der Waals surface area contributed by atoms with Gasteiger partial charge in [-0.2, -0.15) is 0 Å². The van der Waals surface area contributed by atoms with Gasteiger partial charge in [0.05, 0.1) is 13.7 Å². The summed E-state index contributed by atoms with van der Waals surface area (Å²) in [7, 11) is 1.63. The normalized spacial score (nSPS) is 10.2. The van der Waals surface area contributed by atoms with E-state index in [2.05, 4.69) is 17.6 Å². The van der Waals surface area contributed by atoms with Crippen molar-refractivity contribution < 1.29 is 14.3 Å². The number of aryl methyl sites for hydroxylation is 1. The van der Waals surface area contributed by atoms with Crippen LogP contribution in [0, 0.1) is 0 Å². The minimum Gasteiger partial charge on any atom is -0.497 e. The highest BCUT2D eigenvalue weighted by molar-refractivity contribution is 5.92. The largest absolute Gasteiger partial charge is 0.497 e. The highest BCUT2D eigenvalue weighted by Crippen LogP contribution is 2.17. The third-order valence-electron chi connectivity index (χ3n) is 3.56. The molecule has 0 aromatic heterocycles. The summed E-state index contributed by atoms with van der Waals surface area (Å²) in [5.41, 5.74) is 2.01. The van der Waals surface area contributed by atoms with Crippen molar-refractivity contribution in [3.8, 4) is 11.5 Å². The van der Waals surface area contributed by atoms with E-state index in [-0.39, 0.29) is 12.5 Å². The first-order valence-electron chi connectivity index (χ1n) is 8.08. The summed E-state index contributed by atoms with van der Waals surface area (Å²) in [6, 6.07) is 15.2. The molecule has 0 aliphatic carbocycles. The topological polar surface area (TPSA) is 59.6 Å². The summed E-state index contributed by atoms with van der Waals surface area (Å²) >= 11 is 0. The molecule has 2 aromatic carbocycles. The molecule has 0 fully saturated rings. The fraction of sp³-hybridized carbons (Fsp3) is 0.316. The van der Waals surface area contributed by atoms with Crippen LogP contribution in [0.5, 0.6) is 11.5 Å². The molecule has 0 spiro atoms. The van der Waals surface area contributed by atoms with Crippen molar-refractivity contribution >= 4 is 11.6 Å². The van der Waals surface area contributed by atoms with Crippen LogP contribution in [0.25, 0.3) is 0 Å². The number of carbonyl (C=O) groups is 1. The van der Waals surface area contributed by atoms with Crippen molar-refractivity contribution in [3.05, 3.63) is 54.1 Å². The molecule has 5 heteroatoms. The lowest BCUT2D eigenvalue weighted by Gasteiger charge is -2.11. The van der Waals surface area contributed by atoms with Crippen molar-refractivity contribution in [2.75, 3.05) is 32.1 Å². The SMILES string of the molecule is CCc1ccccc1NC(=O)CNCCOc1ccc(OC)cc1. The Balaban J connectivity index is 1.65. The monoisotopic (exact) mass is 328 g/mol. The smallest absolute Gasteiger partial charge is 0.238 e. The van der Waals surface area contributed by atoms with E-state index in [1.54, 1.807) is 7.11 Å². The van der Waals surface area contributed by atoms with E-state index in [0.717, 1.165) is 29.2 Å². The van der Waals surface area contributed by atoms with Gasteiger partial charge in [-0.1, -0.05) is 25.1 Å². The molecule has 2 aromatic rings. The van der Waals surface area contributed by atoms with Crippen molar-refractivity contribution in [2.24, 2.45) is 0 Å². The van der Waals surface area contributed by atoms with Crippen molar-refractivity contribution in [2.45, 2.75) is 13.3 Å². The maximum absolute atomic E-state index is 12.0. The van der Waals surface area contributed by atoms with Gasteiger partial charge in [0.2, 0.25) is 5.91 Å². The summed E-state index contributed by atoms with van der Waals surface area (Å²) in [6.07, 6.45) is 0.888. The highest BCUT2D eigenvalue weighted by atomic mass is 16.5. The minimum atomic E-state index is -0.0552. The van der Waals surface area contributed by atoms with Gasteiger partial charge in [0.1, 0.15) is 18.1 Å². The Morgan fingerprint density at radius 2 is 1.75 bits per heavy atom. The Labute approximate surface area is 143 Å². The molecule has 5 nitrogen and oxygen atoms in total. The molecule has 128 valence electrons. The summed E-state index contributed by atoms with van der Waals surface area (Å²) in [5.74, 6) is 1.52. The van der Waals surface area contributed by atoms with Gasteiger partial charge in [0.15, 0.2) is 0 Å². The quantitative estimate of drug-likeness (QED) is 0.695. The first kappa shape index (κ1) is 17.8. The van der Waals surface area contributed by atoms with Crippen LogP contribution < -0.4 is 20.1 Å². The maximum Gasteiger partial charge on any atom is 0.238 e. The molecule has 0 saturated carbocycles. The Morgan fingerprint density at radius 3 is 2.46 bits per heavy atom. The van der Waals surface area contributed by atoms with Crippen LogP contribution >= 0.6 is 0 Å². The number of nitrogens with one attached hydrogen (secondary N) is 2. The van der Waals surface area contributed by atoms with Crippen LogP contribution in [0.15, 0.2) is 48.5 Å². The van der Waals surface area contributed by atoms with Gasteiger partial charge in [-0.05, 0) is 42.3 Å². The van der Waals surface area contributed by atoms with Gasteiger partial charge in [-0.3, -0.25) is 4.79 Å². The number of methoxy groups -OCH3 is 1. The molecule has 0 aliphatic heterocycles. The van der Waals surface area contributed by atoms with E-state index in [1.165, 1.54) is 0 Å². The molecule has 1 amide bonds. The fourth-order valence-electron chi connectivity index (χ4n) is 2.26. The van der Waals surface area contributed by atoms with Gasteiger partial charge in [-0.15, -0.1) is 0 Å². The predicted molar refractivity (Wildman–Crippen MR) is 95.8 cm³/mol. The van der Waals surface area contributed by atoms with Crippen LogP contribution in [-0.4, -0.2) is 32.7 Å². The van der Waals surface area contributed by atoms with E-state index in [1.807, 2.05) is 48.5 Å². The zero-order chi connectivity index (χ0) is 17.2. The molecule has 0 aliphatic rings. The second kappa shape index (κ2) is 9.57. The molecule has 0 heterocycles. The van der Waals surface area contributed by atoms with Gasteiger partial charge in [-0.25, -0.2) is 0 Å². The summed E-state index contributed by atoms with van der Waals surface area (Å²) in [4.78, 5) is 12.0. The second-order valence-electron chi connectivity index (χ2n) is 5.26. The molecule has 24 heavy (non-hydrogen) atoms. The fourth-order valence-corrected chi connectivity index (χ4v) is 2.26. The van der Waals surface area contributed by atoms with E-state index in [0.29, 0.717) is 13.2 Å². The lowest BCUT2D eigenvalue weighted by atomic mass is 10.1. The van der Waals surface area contributed by atoms with Crippen molar-refractivity contribution in [1.82, 2.24) is 5.32 Å². The zero-order valence-electron chi connectivity index (χ0n) is 14.2. The average molecular weight is 328 g/mol. The van der Waals surface area contributed by atoms with E-state index in [9.17, 15) is 4.79 Å². The highest BCUT2D eigenvalue weighted by Gasteiger charge is 2.05. The van der Waals surface area contributed by atoms with Gasteiger partial charge >= 0.3 is 0 Å². The number of carbonyl (C=O) groups excluding carboxylic acids is 1. The molecule has 2 N–H and O–H groups in total. The van der Waals surface area contributed by atoms with Crippen LogP contribution in [0.4, 0.5) is 5.69 Å². The molecular weight excluding hydrogens is 304 g/mol. The number of hydrogen-bond donors (Lipinski definition) is 2. The van der Waals surface area contributed by atoms with Crippen LogP contribution in [0.1, 0.15) is 12.5 Å². The number of ether oxygens (including phenoxy) is 2. The molecule has 0 saturated heterocycles. The van der Waals surface area contributed by atoms with Crippen LogP contribution in [0.3, 0.4) is 0 Å². The predicted octanol–water partition coefficient (Wildman–Crippen LogP) is 2.86. The Bertz CT molecular complexity index is 641. The number of amides is 1. The summed E-state index contributed by atoms with van der Waals surface area (Å²) in [6.45, 7) is 3.41. The van der Waals surface area contributed by atoms with E-state index in [4.69, 9.17) is 9.47 Å². The van der Waals surface area contributed by atoms with Crippen LogP contribution in [-0.2, 0) is 11.2 Å². The summed E-state index contributed by atoms with van der Waals surface area (Å²) in [5, 5.41) is 6.00. The maximum atomic E-state index is 12.0. The third kappa shape index (κ3) is 5.59. The standard InChI is InChI=1S/C19H24N2O3/c1-3-15-6-4-5-7-18(15)21-19(22)14-20-12-13-24-17-10-8-16(23-2)9-11-17/h4-11,20H,3,12-14H2,1-2H3,(H,21,22). The Morgan fingerprint density at radius 1 is 1.04 bits per heavy atom. The molecule has 2 rings (SSSR count). The number of hydrogen-bond acceptors (Lipinski definition) is 4. The van der Waals surface area contributed by atoms with Crippen LogP contribution in [0.2, 0.25) is 0 Å². The number of benzene rings is 2. The third-order valence-corrected chi connectivity index (χ3v) is 3.56. The average Bonchev–Trinajstić information content (AvgIpc) is 2.62. The lowest BCUT2D eigenvalue weighted by Crippen LogP contribution is -2.31. The Kier molecular flexibility index (Phi) is 7.11. The van der Waals surface area contributed by atoms with Crippen molar-refractivity contribution in [3.63, 3.8) is 0 Å². The molecule has 0 unspecified atom stereocenters. The van der Waals surface area contributed by atoms with Gasteiger partial charge < -0.3 is 20.1 Å². The molecule has 0 bridgehead atoms. The first-order chi connectivity index (χ1) is 11.7. The van der Waals surface area contributed by atoms with Crippen molar-refractivity contribution in [1.29, 1.82) is 0 Å². The number of anilines is 1.